The minimum absolute atomic E-state index is 0.758. The minimum atomic E-state index is 0.758. The highest BCUT2D eigenvalue weighted by Crippen LogP contribution is 2.51. The Labute approximate surface area is 180 Å². The number of hydrogen-bond acceptors (Lipinski definition) is 1. The van der Waals surface area contributed by atoms with Crippen LogP contribution in [0.4, 0.5) is 0 Å². The summed E-state index contributed by atoms with van der Waals surface area (Å²) in [6, 6.07) is 9.02. The molecular weight excluding hydrogens is 352 g/mol. The number of hydrogen-bond donors (Lipinski definition) is 0. The lowest BCUT2D eigenvalue weighted by molar-refractivity contribution is 0.0710. The number of rotatable bonds is 7. The van der Waals surface area contributed by atoms with Crippen LogP contribution in [-0.4, -0.2) is 6.61 Å². The molecule has 162 valence electrons. The van der Waals surface area contributed by atoms with Crippen LogP contribution in [0.5, 0.6) is 5.75 Å². The zero-order valence-corrected chi connectivity index (χ0v) is 19.1. The Morgan fingerprint density at radius 2 is 1.34 bits per heavy atom. The Hall–Kier alpha value is -0.980. The van der Waals surface area contributed by atoms with Gasteiger partial charge in [0.1, 0.15) is 5.75 Å². The molecule has 0 N–H and O–H groups in total. The van der Waals surface area contributed by atoms with Gasteiger partial charge in [0.25, 0.3) is 0 Å². The van der Waals surface area contributed by atoms with E-state index in [1.54, 1.807) is 24.8 Å². The molecule has 1 nitrogen and oxygen atoms in total. The van der Waals surface area contributed by atoms with Gasteiger partial charge in [0.15, 0.2) is 0 Å². The molecule has 1 aromatic rings. The summed E-state index contributed by atoms with van der Waals surface area (Å²) in [6.45, 7) is 5.16. The van der Waals surface area contributed by atoms with Gasteiger partial charge in [-0.15, -0.1) is 0 Å². The molecule has 0 heterocycles. The normalized spacial score (nSPS) is 35.1. The van der Waals surface area contributed by atoms with Crippen molar-refractivity contribution in [3.8, 4) is 5.75 Å². The maximum Gasteiger partial charge on any atom is 0.119 e. The molecule has 3 saturated carbocycles. The van der Waals surface area contributed by atoms with Gasteiger partial charge in [-0.2, -0.15) is 0 Å². The topological polar surface area (TPSA) is 9.23 Å². The Bertz CT molecular complexity index is 597. The lowest BCUT2D eigenvalue weighted by Gasteiger charge is -2.45. The summed E-state index contributed by atoms with van der Waals surface area (Å²) in [4.78, 5) is 0. The second-order valence-electron chi connectivity index (χ2n) is 10.5. The second-order valence-corrected chi connectivity index (χ2v) is 10.5. The van der Waals surface area contributed by atoms with Gasteiger partial charge in [0, 0.05) is 0 Å². The molecule has 4 unspecified atom stereocenters. The summed E-state index contributed by atoms with van der Waals surface area (Å²) in [5.74, 6) is 7.03. The SMILES string of the molecule is CCCCC1CCC(C2CCC3CC(c4ccc(OCC)cc4)CCC3C2)CC1. The van der Waals surface area contributed by atoms with Crippen molar-refractivity contribution in [1.82, 2.24) is 0 Å². The quantitative estimate of drug-likeness (QED) is 0.449. The van der Waals surface area contributed by atoms with Gasteiger partial charge in [-0.25, -0.2) is 0 Å². The maximum atomic E-state index is 5.63. The fourth-order valence-corrected chi connectivity index (χ4v) is 7.10. The molecule has 4 rings (SSSR count). The zero-order valence-electron chi connectivity index (χ0n) is 19.1. The van der Waals surface area contributed by atoms with Gasteiger partial charge < -0.3 is 4.74 Å². The van der Waals surface area contributed by atoms with Crippen molar-refractivity contribution < 1.29 is 4.74 Å². The van der Waals surface area contributed by atoms with Gasteiger partial charge in [0.05, 0.1) is 6.61 Å². The first-order valence-electron chi connectivity index (χ1n) is 13.0. The third-order valence-electron chi connectivity index (χ3n) is 8.84. The van der Waals surface area contributed by atoms with Crippen molar-refractivity contribution in [1.29, 1.82) is 0 Å². The molecule has 0 bridgehead atoms. The van der Waals surface area contributed by atoms with E-state index in [2.05, 4.69) is 38.1 Å². The van der Waals surface area contributed by atoms with Crippen molar-refractivity contribution in [2.75, 3.05) is 6.61 Å². The predicted octanol–water partition coefficient (Wildman–Crippen LogP) is 8.38. The summed E-state index contributed by atoms with van der Waals surface area (Å²) in [5.41, 5.74) is 1.56. The highest BCUT2D eigenvalue weighted by molar-refractivity contribution is 5.29. The molecule has 1 aromatic carbocycles. The van der Waals surface area contributed by atoms with E-state index in [4.69, 9.17) is 4.74 Å². The first-order valence-corrected chi connectivity index (χ1v) is 13.0. The van der Waals surface area contributed by atoms with Crippen LogP contribution >= 0.6 is 0 Å². The summed E-state index contributed by atoms with van der Waals surface area (Å²) in [6.07, 6.45) is 19.4. The Kier molecular flexibility index (Phi) is 7.60. The van der Waals surface area contributed by atoms with Crippen molar-refractivity contribution in [3.63, 3.8) is 0 Å². The molecule has 0 aromatic heterocycles. The molecule has 0 spiro atoms. The largest absolute Gasteiger partial charge is 0.494 e. The molecule has 29 heavy (non-hydrogen) atoms. The van der Waals surface area contributed by atoms with E-state index in [1.165, 1.54) is 64.2 Å². The van der Waals surface area contributed by atoms with Crippen LogP contribution < -0.4 is 4.74 Å². The average Bonchev–Trinajstić information content (AvgIpc) is 2.78. The second kappa shape index (κ2) is 10.4. The highest BCUT2D eigenvalue weighted by atomic mass is 16.5. The molecule has 1 heteroatoms. The van der Waals surface area contributed by atoms with Crippen LogP contribution in [0.15, 0.2) is 24.3 Å². The number of unbranched alkanes of at least 4 members (excludes halogenated alkanes) is 1. The summed E-state index contributed by atoms with van der Waals surface area (Å²) in [7, 11) is 0. The summed E-state index contributed by atoms with van der Waals surface area (Å²) >= 11 is 0. The van der Waals surface area contributed by atoms with E-state index in [0.717, 1.165) is 47.9 Å². The lowest BCUT2D eigenvalue weighted by atomic mass is 9.60. The van der Waals surface area contributed by atoms with E-state index in [0.29, 0.717) is 0 Å². The van der Waals surface area contributed by atoms with E-state index < -0.39 is 0 Å². The summed E-state index contributed by atoms with van der Waals surface area (Å²) < 4.78 is 5.63. The monoisotopic (exact) mass is 396 g/mol. The highest BCUT2D eigenvalue weighted by Gasteiger charge is 2.39. The van der Waals surface area contributed by atoms with Gasteiger partial charge in [-0.05, 0) is 111 Å². The first-order chi connectivity index (χ1) is 14.3. The van der Waals surface area contributed by atoms with Gasteiger partial charge in [-0.1, -0.05) is 51.2 Å². The molecule has 0 saturated heterocycles. The Morgan fingerprint density at radius 3 is 2.03 bits per heavy atom. The molecule has 0 aliphatic heterocycles. The maximum absolute atomic E-state index is 5.63. The number of benzene rings is 1. The Balaban J connectivity index is 1.25. The Morgan fingerprint density at radius 1 is 0.724 bits per heavy atom. The average molecular weight is 397 g/mol. The third kappa shape index (κ3) is 5.39. The third-order valence-corrected chi connectivity index (χ3v) is 8.84. The molecule has 3 aliphatic carbocycles. The molecule has 4 atom stereocenters. The van der Waals surface area contributed by atoms with Crippen molar-refractivity contribution in [2.45, 2.75) is 103 Å². The van der Waals surface area contributed by atoms with E-state index in [-0.39, 0.29) is 0 Å². The van der Waals surface area contributed by atoms with Crippen LogP contribution in [0, 0.1) is 29.6 Å². The molecule has 0 amide bonds. The molecule has 0 radical (unpaired) electrons. The van der Waals surface area contributed by atoms with E-state index in [1.807, 2.05) is 0 Å². The standard InChI is InChI=1S/C28H44O/c1-3-5-6-21-7-9-22(10-8-21)24-11-13-27-20-25(12-14-26(27)19-24)23-15-17-28(18-16-23)29-4-2/h15-18,21-22,24-27H,3-14,19-20H2,1-2H3. The van der Waals surface area contributed by atoms with Gasteiger partial charge in [-0.3, -0.25) is 0 Å². The van der Waals surface area contributed by atoms with Crippen LogP contribution in [0.1, 0.15) is 109 Å². The van der Waals surface area contributed by atoms with Crippen LogP contribution in [0.2, 0.25) is 0 Å². The lowest BCUT2D eigenvalue weighted by Crippen LogP contribution is -2.34. The van der Waals surface area contributed by atoms with Crippen molar-refractivity contribution >= 4 is 0 Å². The predicted molar refractivity (Wildman–Crippen MR) is 123 cm³/mol. The van der Waals surface area contributed by atoms with Gasteiger partial charge in [0.2, 0.25) is 0 Å². The molecule has 3 fully saturated rings. The number of fused-ring (bicyclic) bond motifs is 1. The fraction of sp³-hybridized carbons (Fsp3) is 0.786. The fourth-order valence-electron chi connectivity index (χ4n) is 7.10. The summed E-state index contributed by atoms with van der Waals surface area (Å²) in [5, 5.41) is 0. The first kappa shape index (κ1) is 21.3. The van der Waals surface area contributed by atoms with Crippen LogP contribution in [0.3, 0.4) is 0 Å². The minimum Gasteiger partial charge on any atom is -0.494 e. The van der Waals surface area contributed by atoms with E-state index >= 15 is 0 Å². The van der Waals surface area contributed by atoms with Crippen molar-refractivity contribution in [3.05, 3.63) is 29.8 Å². The zero-order chi connectivity index (χ0) is 20.1. The van der Waals surface area contributed by atoms with Gasteiger partial charge >= 0.3 is 0 Å². The molecular formula is C28H44O. The van der Waals surface area contributed by atoms with E-state index in [9.17, 15) is 0 Å². The van der Waals surface area contributed by atoms with Crippen molar-refractivity contribution in [2.24, 2.45) is 29.6 Å². The van der Waals surface area contributed by atoms with Crippen LogP contribution in [-0.2, 0) is 0 Å². The van der Waals surface area contributed by atoms with Crippen LogP contribution in [0.25, 0.3) is 0 Å². The smallest absolute Gasteiger partial charge is 0.119 e. The molecule has 3 aliphatic rings. The number of ether oxygens (including phenoxy) is 1.